The molecule has 0 bridgehead atoms. The van der Waals surface area contributed by atoms with Gasteiger partial charge in [0, 0.05) is 12.5 Å². The number of nitrogens with two attached hydrogens (primary N) is 1. The number of benzene rings is 1. The summed E-state index contributed by atoms with van der Waals surface area (Å²) in [5.74, 6) is 1.01. The monoisotopic (exact) mass is 261 g/mol. The molecule has 1 aliphatic rings. The van der Waals surface area contributed by atoms with Gasteiger partial charge in [0.05, 0.1) is 19.6 Å². The lowest BCUT2D eigenvalue weighted by Crippen LogP contribution is -2.20. The fourth-order valence-electron chi connectivity index (χ4n) is 1.78. The van der Waals surface area contributed by atoms with Gasteiger partial charge in [-0.05, 0) is 17.7 Å². The van der Waals surface area contributed by atoms with Crippen LogP contribution in [0.5, 0.6) is 11.5 Å². The normalized spacial score (nSPS) is 17.1. The van der Waals surface area contributed by atoms with Crippen LogP contribution in [0.1, 0.15) is 24.4 Å². The van der Waals surface area contributed by atoms with Crippen molar-refractivity contribution in [1.82, 2.24) is 0 Å². The Morgan fingerprint density at radius 1 is 1.17 bits per heavy atom. The van der Waals surface area contributed by atoms with Crippen molar-refractivity contribution in [2.24, 2.45) is 5.73 Å². The van der Waals surface area contributed by atoms with E-state index in [1.54, 1.807) is 12.1 Å². The maximum Gasteiger partial charge on any atom is 0.390 e. The Morgan fingerprint density at radius 3 is 2.50 bits per heavy atom. The summed E-state index contributed by atoms with van der Waals surface area (Å²) in [6.07, 6.45) is -4.57. The molecule has 0 unspecified atom stereocenters. The van der Waals surface area contributed by atoms with E-state index >= 15 is 0 Å². The number of rotatable bonds is 2. The number of hydrogen-bond donors (Lipinski definition) is 1. The fraction of sp³-hybridized carbons (Fsp3) is 0.500. The van der Waals surface area contributed by atoms with Crippen molar-refractivity contribution in [1.29, 1.82) is 0 Å². The highest BCUT2D eigenvalue weighted by atomic mass is 19.4. The molecule has 18 heavy (non-hydrogen) atoms. The molecule has 0 radical (unpaired) electrons. The van der Waals surface area contributed by atoms with E-state index in [-0.39, 0.29) is 0 Å². The molecule has 1 aliphatic heterocycles. The molecule has 0 saturated heterocycles. The van der Waals surface area contributed by atoms with E-state index in [0.29, 0.717) is 30.3 Å². The van der Waals surface area contributed by atoms with Crippen LogP contribution in [-0.4, -0.2) is 19.4 Å². The van der Waals surface area contributed by atoms with Crippen LogP contribution < -0.4 is 15.2 Å². The van der Waals surface area contributed by atoms with Crippen molar-refractivity contribution in [3.63, 3.8) is 0 Å². The molecular formula is C12H14F3NO2. The SMILES string of the molecule is N[C@H](CC(F)(F)F)c1ccc2c(c1)OCCCO2. The maximum atomic E-state index is 12.3. The van der Waals surface area contributed by atoms with Crippen molar-refractivity contribution < 1.29 is 22.6 Å². The van der Waals surface area contributed by atoms with Crippen LogP contribution in [0.3, 0.4) is 0 Å². The second-order valence-corrected chi connectivity index (χ2v) is 4.18. The number of ether oxygens (including phenoxy) is 2. The van der Waals surface area contributed by atoms with Gasteiger partial charge >= 0.3 is 6.18 Å². The van der Waals surface area contributed by atoms with Gasteiger partial charge in [0.2, 0.25) is 0 Å². The summed E-state index contributed by atoms with van der Waals surface area (Å²) in [6.45, 7) is 1.03. The molecule has 1 aromatic carbocycles. The summed E-state index contributed by atoms with van der Waals surface area (Å²) in [5, 5.41) is 0. The molecule has 0 aromatic heterocycles. The molecule has 2 rings (SSSR count). The van der Waals surface area contributed by atoms with Crippen LogP contribution in [-0.2, 0) is 0 Å². The fourth-order valence-corrected chi connectivity index (χ4v) is 1.78. The van der Waals surface area contributed by atoms with E-state index in [1.165, 1.54) is 6.07 Å². The van der Waals surface area contributed by atoms with Gasteiger partial charge in [0.1, 0.15) is 0 Å². The minimum atomic E-state index is -4.27. The Kier molecular flexibility index (Phi) is 3.65. The van der Waals surface area contributed by atoms with Crippen molar-refractivity contribution >= 4 is 0 Å². The molecule has 1 aromatic rings. The average Bonchev–Trinajstić information content (AvgIpc) is 2.50. The molecule has 0 aliphatic carbocycles. The average molecular weight is 261 g/mol. The largest absolute Gasteiger partial charge is 0.490 e. The molecule has 0 amide bonds. The smallest absolute Gasteiger partial charge is 0.390 e. The molecule has 0 saturated carbocycles. The quantitative estimate of drug-likeness (QED) is 0.890. The first-order valence-corrected chi connectivity index (χ1v) is 5.67. The highest BCUT2D eigenvalue weighted by Gasteiger charge is 2.31. The topological polar surface area (TPSA) is 44.5 Å². The molecule has 100 valence electrons. The van der Waals surface area contributed by atoms with E-state index < -0.39 is 18.6 Å². The minimum absolute atomic E-state index is 0.400. The van der Waals surface area contributed by atoms with Crippen molar-refractivity contribution in [2.45, 2.75) is 25.1 Å². The summed E-state index contributed by atoms with van der Waals surface area (Å²) < 4.78 is 47.6. The molecule has 6 heteroatoms. The second kappa shape index (κ2) is 5.06. The zero-order valence-corrected chi connectivity index (χ0v) is 9.67. The molecule has 3 nitrogen and oxygen atoms in total. The highest BCUT2D eigenvalue weighted by Crippen LogP contribution is 2.34. The first kappa shape index (κ1) is 13.0. The number of alkyl halides is 3. The van der Waals surface area contributed by atoms with E-state index in [9.17, 15) is 13.2 Å². The van der Waals surface area contributed by atoms with E-state index in [1.807, 2.05) is 0 Å². The van der Waals surface area contributed by atoms with Crippen LogP contribution >= 0.6 is 0 Å². The van der Waals surface area contributed by atoms with Crippen LogP contribution in [0.2, 0.25) is 0 Å². The summed E-state index contributed by atoms with van der Waals surface area (Å²) in [4.78, 5) is 0. The predicted molar refractivity (Wildman–Crippen MR) is 59.6 cm³/mol. The van der Waals surface area contributed by atoms with Gasteiger partial charge < -0.3 is 15.2 Å². The lowest BCUT2D eigenvalue weighted by Gasteiger charge is -2.16. The number of fused-ring (bicyclic) bond motifs is 1. The van der Waals surface area contributed by atoms with Gasteiger partial charge in [0.25, 0.3) is 0 Å². The molecule has 0 fully saturated rings. The lowest BCUT2D eigenvalue weighted by atomic mass is 10.0. The first-order valence-electron chi connectivity index (χ1n) is 5.67. The van der Waals surface area contributed by atoms with Crippen molar-refractivity contribution in [2.75, 3.05) is 13.2 Å². The third-order valence-electron chi connectivity index (χ3n) is 2.65. The molecule has 2 N–H and O–H groups in total. The Bertz CT molecular complexity index is 420. The molecule has 0 spiro atoms. The zero-order valence-electron chi connectivity index (χ0n) is 9.67. The van der Waals surface area contributed by atoms with Crippen LogP contribution in [0.15, 0.2) is 18.2 Å². The first-order chi connectivity index (χ1) is 8.46. The number of hydrogen-bond acceptors (Lipinski definition) is 3. The maximum absolute atomic E-state index is 12.3. The van der Waals surface area contributed by atoms with Crippen LogP contribution in [0.4, 0.5) is 13.2 Å². The lowest BCUT2D eigenvalue weighted by molar-refractivity contribution is -0.138. The summed E-state index contributed by atoms with van der Waals surface area (Å²) in [6, 6.07) is 3.59. The Hall–Kier alpha value is -1.43. The molecular weight excluding hydrogens is 247 g/mol. The van der Waals surface area contributed by atoms with Crippen LogP contribution in [0.25, 0.3) is 0 Å². The standard InChI is InChI=1S/C12H14F3NO2/c13-12(14,15)7-9(16)8-2-3-10-11(6-8)18-5-1-4-17-10/h2-3,6,9H,1,4-5,7,16H2/t9-/m1/s1. The molecule has 1 heterocycles. The van der Waals surface area contributed by atoms with Gasteiger partial charge in [-0.3, -0.25) is 0 Å². The van der Waals surface area contributed by atoms with Gasteiger partial charge in [-0.2, -0.15) is 13.2 Å². The number of halogens is 3. The van der Waals surface area contributed by atoms with Crippen LogP contribution in [0, 0.1) is 0 Å². The van der Waals surface area contributed by atoms with E-state index in [0.717, 1.165) is 6.42 Å². The van der Waals surface area contributed by atoms with E-state index in [4.69, 9.17) is 15.2 Å². The minimum Gasteiger partial charge on any atom is -0.490 e. The van der Waals surface area contributed by atoms with Crippen molar-refractivity contribution in [3.05, 3.63) is 23.8 Å². The highest BCUT2D eigenvalue weighted by molar-refractivity contribution is 5.44. The Balaban J connectivity index is 2.17. The summed E-state index contributed by atoms with van der Waals surface area (Å²) in [7, 11) is 0. The predicted octanol–water partition coefficient (Wildman–Crippen LogP) is 2.80. The van der Waals surface area contributed by atoms with Crippen molar-refractivity contribution in [3.8, 4) is 11.5 Å². The second-order valence-electron chi connectivity index (χ2n) is 4.18. The van der Waals surface area contributed by atoms with Gasteiger partial charge in [-0.15, -0.1) is 0 Å². The third-order valence-corrected chi connectivity index (χ3v) is 2.65. The summed E-state index contributed by atoms with van der Waals surface area (Å²) >= 11 is 0. The Labute approximate surface area is 103 Å². The molecule has 1 atom stereocenters. The zero-order chi connectivity index (χ0) is 13.2. The van der Waals surface area contributed by atoms with Gasteiger partial charge in [-0.1, -0.05) is 6.07 Å². The summed E-state index contributed by atoms with van der Waals surface area (Å²) in [5.41, 5.74) is 5.94. The van der Waals surface area contributed by atoms with Gasteiger partial charge in [0.15, 0.2) is 11.5 Å². The third kappa shape index (κ3) is 3.29. The van der Waals surface area contributed by atoms with E-state index in [2.05, 4.69) is 0 Å². The Morgan fingerprint density at radius 2 is 1.83 bits per heavy atom. The van der Waals surface area contributed by atoms with Gasteiger partial charge in [-0.25, -0.2) is 0 Å².